The normalized spacial score (nSPS) is 30.6. The van der Waals surface area contributed by atoms with Crippen molar-refractivity contribution >= 4 is 43.5 Å². The molecule has 1 aromatic rings. The summed E-state index contributed by atoms with van der Waals surface area (Å²) in [6.45, 7) is 0. The molecule has 0 N–H and O–H groups in total. The quantitative estimate of drug-likeness (QED) is 0.559. The van der Waals surface area contributed by atoms with Crippen LogP contribution < -0.4 is 4.74 Å². The van der Waals surface area contributed by atoms with Crippen molar-refractivity contribution in [3.05, 3.63) is 27.2 Å². The predicted octanol–water partition coefficient (Wildman–Crippen LogP) is 5.98. The van der Waals surface area contributed by atoms with Crippen LogP contribution in [0.25, 0.3) is 0 Å². The molecule has 4 heteroatoms. The van der Waals surface area contributed by atoms with Gasteiger partial charge in [-0.15, -0.1) is 0 Å². The lowest BCUT2D eigenvalue weighted by molar-refractivity contribution is 0.323. The van der Waals surface area contributed by atoms with Crippen molar-refractivity contribution in [2.24, 2.45) is 17.8 Å². The van der Waals surface area contributed by atoms with Crippen LogP contribution in [0, 0.1) is 17.8 Å². The first kappa shape index (κ1) is 14.2. The van der Waals surface area contributed by atoms with Gasteiger partial charge in [-0.25, -0.2) is 0 Å². The van der Waals surface area contributed by atoms with Crippen LogP contribution in [0.3, 0.4) is 0 Å². The third kappa shape index (κ3) is 2.58. The van der Waals surface area contributed by atoms with Gasteiger partial charge in [0, 0.05) is 15.4 Å². The highest BCUT2D eigenvalue weighted by Crippen LogP contribution is 2.56. The average Bonchev–Trinajstić information content (AvgIpc) is 2.99. The molecule has 0 amide bonds. The first-order valence-corrected chi connectivity index (χ1v) is 8.85. The van der Waals surface area contributed by atoms with Crippen LogP contribution in [-0.4, -0.2) is 7.11 Å². The molecular weight excluding hydrogens is 391 g/mol. The molecule has 1 aromatic carbocycles. The number of halogens is 3. The maximum Gasteiger partial charge on any atom is 0.137 e. The second-order valence-corrected chi connectivity index (χ2v) is 8.03. The van der Waals surface area contributed by atoms with Crippen LogP contribution in [-0.2, 0) is 0 Å². The molecule has 1 nitrogen and oxygen atoms in total. The van der Waals surface area contributed by atoms with E-state index in [0.29, 0.717) is 4.83 Å². The second-order valence-electron chi connectivity index (χ2n) is 5.75. The molecule has 0 aliphatic heterocycles. The Labute approximate surface area is 136 Å². The molecule has 2 aliphatic carbocycles. The molecule has 4 atom stereocenters. The molecule has 2 bridgehead atoms. The van der Waals surface area contributed by atoms with Gasteiger partial charge in [-0.2, -0.15) is 0 Å². The van der Waals surface area contributed by atoms with Crippen LogP contribution in [0.1, 0.15) is 36.1 Å². The lowest BCUT2D eigenvalue weighted by atomic mass is 9.84. The minimum atomic E-state index is 0.341. The number of alkyl halides is 1. The monoisotopic (exact) mass is 406 g/mol. The maximum absolute atomic E-state index is 6.20. The van der Waals surface area contributed by atoms with E-state index in [1.54, 1.807) is 7.11 Å². The largest absolute Gasteiger partial charge is 0.495 e. The van der Waals surface area contributed by atoms with Crippen LogP contribution in [0.15, 0.2) is 16.6 Å². The molecule has 0 saturated heterocycles. The fourth-order valence-electron chi connectivity index (χ4n) is 3.88. The Bertz CT molecular complexity index is 491. The highest BCUT2D eigenvalue weighted by molar-refractivity contribution is 9.10. The summed E-state index contributed by atoms with van der Waals surface area (Å²) in [4.78, 5) is 0.341. The third-order valence-corrected chi connectivity index (χ3v) is 6.69. The Hall–Kier alpha value is 0.270. The first-order valence-electron chi connectivity index (χ1n) is 6.77. The van der Waals surface area contributed by atoms with Crippen molar-refractivity contribution in [2.45, 2.75) is 30.5 Å². The zero-order valence-electron chi connectivity index (χ0n) is 10.8. The lowest BCUT2D eigenvalue weighted by Gasteiger charge is -2.28. The van der Waals surface area contributed by atoms with Crippen LogP contribution in [0.4, 0.5) is 0 Å². The molecule has 2 saturated carbocycles. The number of fused-ring (bicyclic) bond motifs is 2. The molecule has 3 rings (SSSR count). The molecule has 0 spiro atoms. The van der Waals surface area contributed by atoms with E-state index in [1.807, 2.05) is 12.1 Å². The van der Waals surface area contributed by atoms with Crippen molar-refractivity contribution in [1.29, 1.82) is 0 Å². The maximum atomic E-state index is 6.20. The average molecular weight is 409 g/mol. The van der Waals surface area contributed by atoms with E-state index in [0.717, 1.165) is 33.0 Å². The Balaban J connectivity index is 1.93. The summed E-state index contributed by atoms with van der Waals surface area (Å²) in [5.74, 6) is 3.45. The Kier molecular flexibility index (Phi) is 4.17. The number of hydrogen-bond donors (Lipinski definition) is 0. The fourth-order valence-corrected chi connectivity index (χ4v) is 5.87. The number of ether oxygens (including phenoxy) is 1. The highest BCUT2D eigenvalue weighted by atomic mass is 79.9. The van der Waals surface area contributed by atoms with E-state index in [2.05, 4.69) is 31.9 Å². The summed E-state index contributed by atoms with van der Waals surface area (Å²) in [7, 11) is 1.72. The van der Waals surface area contributed by atoms with Crippen molar-refractivity contribution in [2.75, 3.05) is 7.11 Å². The summed E-state index contributed by atoms with van der Waals surface area (Å²) in [6, 6.07) is 3.93. The molecule has 0 heterocycles. The van der Waals surface area contributed by atoms with Gasteiger partial charge >= 0.3 is 0 Å². The van der Waals surface area contributed by atoms with Crippen molar-refractivity contribution in [3.8, 4) is 5.75 Å². The zero-order valence-corrected chi connectivity index (χ0v) is 14.8. The highest BCUT2D eigenvalue weighted by Gasteiger charge is 2.43. The van der Waals surface area contributed by atoms with E-state index >= 15 is 0 Å². The number of methoxy groups -OCH3 is 1. The molecule has 104 valence electrons. The van der Waals surface area contributed by atoms with Crippen molar-refractivity contribution in [3.63, 3.8) is 0 Å². The van der Waals surface area contributed by atoms with Crippen LogP contribution in [0.5, 0.6) is 5.75 Å². The molecule has 19 heavy (non-hydrogen) atoms. The van der Waals surface area contributed by atoms with Gasteiger partial charge in [0.1, 0.15) is 5.75 Å². The Morgan fingerprint density at radius 3 is 2.68 bits per heavy atom. The van der Waals surface area contributed by atoms with Gasteiger partial charge in [-0.1, -0.05) is 34.0 Å². The van der Waals surface area contributed by atoms with Gasteiger partial charge in [0.2, 0.25) is 0 Å². The van der Waals surface area contributed by atoms with E-state index in [4.69, 9.17) is 16.3 Å². The molecule has 2 fully saturated rings. The standard InChI is InChI=1S/C15H17Br2ClO/c1-19-15-12(6-10(18)7-13(15)16)14(17)11-5-8-2-3-9(11)4-8/h6-9,11,14H,2-5H2,1H3. The van der Waals surface area contributed by atoms with Crippen LogP contribution >= 0.6 is 43.5 Å². The van der Waals surface area contributed by atoms with E-state index in [1.165, 1.54) is 31.2 Å². The minimum absolute atomic E-state index is 0.341. The summed E-state index contributed by atoms with van der Waals surface area (Å²) in [5.41, 5.74) is 1.18. The summed E-state index contributed by atoms with van der Waals surface area (Å²) < 4.78 is 6.49. The smallest absolute Gasteiger partial charge is 0.137 e. The Morgan fingerprint density at radius 1 is 1.32 bits per heavy atom. The Morgan fingerprint density at radius 2 is 2.11 bits per heavy atom. The van der Waals surface area contributed by atoms with E-state index < -0.39 is 0 Å². The number of benzene rings is 1. The fraction of sp³-hybridized carbons (Fsp3) is 0.600. The number of hydrogen-bond acceptors (Lipinski definition) is 1. The third-order valence-electron chi connectivity index (χ3n) is 4.71. The first-order chi connectivity index (χ1) is 9.10. The molecule has 0 aromatic heterocycles. The van der Waals surface area contributed by atoms with Gasteiger partial charge in [0.25, 0.3) is 0 Å². The minimum Gasteiger partial charge on any atom is -0.495 e. The van der Waals surface area contributed by atoms with Crippen LogP contribution in [0.2, 0.25) is 5.02 Å². The van der Waals surface area contributed by atoms with Gasteiger partial charge in [-0.05, 0) is 65.1 Å². The van der Waals surface area contributed by atoms with E-state index in [-0.39, 0.29) is 0 Å². The lowest BCUT2D eigenvalue weighted by Crippen LogP contribution is -2.16. The van der Waals surface area contributed by atoms with Gasteiger partial charge in [0.15, 0.2) is 0 Å². The predicted molar refractivity (Wildman–Crippen MR) is 86.3 cm³/mol. The summed E-state index contributed by atoms with van der Waals surface area (Å²) >= 11 is 13.7. The van der Waals surface area contributed by atoms with Gasteiger partial charge < -0.3 is 4.74 Å². The molecule has 0 radical (unpaired) electrons. The molecule has 4 unspecified atom stereocenters. The zero-order chi connectivity index (χ0) is 13.6. The van der Waals surface area contributed by atoms with E-state index in [9.17, 15) is 0 Å². The molecular formula is C15H17Br2ClO. The van der Waals surface area contributed by atoms with Gasteiger partial charge in [0.05, 0.1) is 11.6 Å². The van der Waals surface area contributed by atoms with Crippen molar-refractivity contribution in [1.82, 2.24) is 0 Å². The van der Waals surface area contributed by atoms with Crippen molar-refractivity contribution < 1.29 is 4.74 Å². The topological polar surface area (TPSA) is 9.23 Å². The summed E-state index contributed by atoms with van der Waals surface area (Å²) in [6.07, 6.45) is 5.57. The number of rotatable bonds is 3. The molecule has 2 aliphatic rings. The SMILES string of the molecule is COc1c(Br)cc(Cl)cc1C(Br)C1CC2CCC1C2. The second kappa shape index (κ2) is 5.57. The summed E-state index contributed by atoms with van der Waals surface area (Å²) in [5, 5.41) is 0.760. The van der Waals surface area contributed by atoms with Gasteiger partial charge in [-0.3, -0.25) is 0 Å².